The van der Waals surface area contributed by atoms with E-state index in [1.807, 2.05) is 18.2 Å². The van der Waals surface area contributed by atoms with Crippen molar-refractivity contribution in [3.8, 4) is 39.0 Å². The molecule has 36 heavy (non-hydrogen) atoms. The van der Waals surface area contributed by atoms with Crippen molar-refractivity contribution < 1.29 is 9.90 Å². The van der Waals surface area contributed by atoms with Crippen molar-refractivity contribution in [2.24, 2.45) is 0 Å². The van der Waals surface area contributed by atoms with Gasteiger partial charge < -0.3 is 10.1 Å². The first kappa shape index (κ1) is 21.8. The molecule has 0 amide bonds. The molecular formula is C31H20N2O2S. The highest BCUT2D eigenvalue weighted by molar-refractivity contribution is 7.16. The first-order valence-electron chi connectivity index (χ1n) is 11.6. The van der Waals surface area contributed by atoms with Crippen LogP contribution in [0.1, 0.15) is 27.5 Å². The van der Waals surface area contributed by atoms with Gasteiger partial charge in [0.1, 0.15) is 11.6 Å². The molecule has 0 saturated carbocycles. The van der Waals surface area contributed by atoms with E-state index in [4.69, 9.17) is 10.4 Å². The van der Waals surface area contributed by atoms with Crippen LogP contribution < -0.4 is 0 Å². The maximum absolute atomic E-state index is 11.1. The van der Waals surface area contributed by atoms with Gasteiger partial charge in [-0.15, -0.1) is 11.3 Å². The Labute approximate surface area is 212 Å². The number of carbonyl (C=O) groups is 1. The molecule has 2 aromatic heterocycles. The third-order valence-electron chi connectivity index (χ3n) is 6.60. The Hall–Kier alpha value is -4.66. The Morgan fingerprint density at radius 3 is 2.11 bits per heavy atom. The van der Waals surface area contributed by atoms with Crippen molar-refractivity contribution in [1.82, 2.24) is 4.98 Å². The Morgan fingerprint density at radius 2 is 1.47 bits per heavy atom. The zero-order valence-electron chi connectivity index (χ0n) is 19.1. The topological polar surface area (TPSA) is 76.9 Å². The zero-order chi connectivity index (χ0) is 24.6. The summed E-state index contributed by atoms with van der Waals surface area (Å²) in [4.78, 5) is 16.3. The average Bonchev–Trinajstić information content (AvgIpc) is 3.65. The van der Waals surface area contributed by atoms with Crippen molar-refractivity contribution in [2.75, 3.05) is 0 Å². The van der Waals surface area contributed by atoms with E-state index in [9.17, 15) is 4.79 Å². The maximum atomic E-state index is 11.1. The zero-order valence-corrected chi connectivity index (χ0v) is 19.9. The molecule has 2 heterocycles. The number of aromatic amines is 1. The summed E-state index contributed by atoms with van der Waals surface area (Å²) >= 11 is 1.44. The number of carboxylic acids is 1. The maximum Gasteiger partial charge on any atom is 0.346 e. The minimum absolute atomic E-state index is 0.229. The Kier molecular flexibility index (Phi) is 5.37. The number of thiophene rings is 1. The quantitative estimate of drug-likeness (QED) is 0.196. The fourth-order valence-corrected chi connectivity index (χ4v) is 5.87. The number of fused-ring (bicyclic) bond motifs is 3. The molecule has 5 heteroatoms. The van der Waals surface area contributed by atoms with Gasteiger partial charge in [-0.05, 0) is 63.7 Å². The number of hydrogen-bond donors (Lipinski definition) is 2. The van der Waals surface area contributed by atoms with Crippen LogP contribution in [0.3, 0.4) is 0 Å². The third kappa shape index (κ3) is 3.74. The smallest absolute Gasteiger partial charge is 0.346 e. The molecule has 0 spiro atoms. The lowest BCUT2D eigenvalue weighted by Crippen LogP contribution is -1.98. The second-order valence-electron chi connectivity index (χ2n) is 8.69. The van der Waals surface area contributed by atoms with Gasteiger partial charge in [-0.25, -0.2) is 4.79 Å². The molecule has 0 bridgehead atoms. The van der Waals surface area contributed by atoms with Crippen molar-refractivity contribution in [3.05, 3.63) is 124 Å². The molecule has 1 aliphatic carbocycles. The summed E-state index contributed by atoms with van der Waals surface area (Å²) in [7, 11) is 0. The molecule has 0 radical (unpaired) electrons. The van der Waals surface area contributed by atoms with Crippen molar-refractivity contribution >= 4 is 23.4 Å². The summed E-state index contributed by atoms with van der Waals surface area (Å²) in [5, 5.41) is 18.1. The van der Waals surface area contributed by atoms with Crippen LogP contribution in [0.5, 0.6) is 0 Å². The standard InChI is InChI=1S/C31H20N2O2S/c32-18-21(31(34)35)17-22-13-16-29(36-22)28-15-14-27(33-28)19-9-11-20(12-10-19)30-25-7-3-1-5-23(25)24-6-2-4-8-26(24)30/h1-17,30,33H,(H,34,35)/b21-17-. The number of rotatable bonds is 5. The van der Waals surface area contributed by atoms with Crippen LogP contribution in [0.25, 0.3) is 39.0 Å². The second kappa shape index (κ2) is 8.84. The number of aromatic nitrogens is 1. The summed E-state index contributed by atoms with van der Waals surface area (Å²) in [5.74, 6) is -0.991. The van der Waals surface area contributed by atoms with Gasteiger partial charge in [-0.2, -0.15) is 5.26 Å². The SMILES string of the molecule is N#C/C(=C/c1ccc(-c2ccc(-c3ccc(C4c5ccccc5-c5ccccc54)cc3)[nH]2)s1)C(=O)O. The van der Waals surface area contributed by atoms with Gasteiger partial charge in [0.2, 0.25) is 0 Å². The minimum Gasteiger partial charge on any atom is -0.477 e. The summed E-state index contributed by atoms with van der Waals surface area (Å²) < 4.78 is 0. The molecule has 5 aromatic rings. The number of hydrogen-bond acceptors (Lipinski definition) is 3. The van der Waals surface area contributed by atoms with Crippen LogP contribution in [-0.4, -0.2) is 16.1 Å². The Morgan fingerprint density at radius 1 is 0.833 bits per heavy atom. The number of carboxylic acid groups (broad SMARTS) is 1. The van der Waals surface area contributed by atoms with Crippen LogP contribution in [0.4, 0.5) is 0 Å². The Balaban J connectivity index is 1.28. The van der Waals surface area contributed by atoms with Gasteiger partial charge in [0, 0.05) is 16.5 Å². The van der Waals surface area contributed by atoms with Crippen molar-refractivity contribution in [3.63, 3.8) is 0 Å². The molecule has 172 valence electrons. The summed E-state index contributed by atoms with van der Waals surface area (Å²) in [6.07, 6.45) is 1.40. The van der Waals surface area contributed by atoms with Gasteiger partial charge >= 0.3 is 5.97 Å². The molecule has 2 N–H and O–H groups in total. The number of nitriles is 1. The molecule has 0 saturated heterocycles. The molecule has 0 unspecified atom stereocenters. The van der Waals surface area contributed by atoms with E-state index in [2.05, 4.69) is 83.8 Å². The fraction of sp³-hybridized carbons (Fsp3) is 0.0323. The lowest BCUT2D eigenvalue weighted by Gasteiger charge is -2.15. The summed E-state index contributed by atoms with van der Waals surface area (Å²) in [6, 6.07) is 35.6. The second-order valence-corrected chi connectivity index (χ2v) is 9.81. The van der Waals surface area contributed by atoms with E-state index in [-0.39, 0.29) is 11.5 Å². The average molecular weight is 485 g/mol. The first-order valence-corrected chi connectivity index (χ1v) is 12.4. The number of aliphatic carboxylic acids is 1. The minimum atomic E-state index is -1.22. The highest BCUT2D eigenvalue weighted by Gasteiger charge is 2.29. The van der Waals surface area contributed by atoms with E-state index in [1.165, 1.54) is 45.2 Å². The molecule has 4 nitrogen and oxygen atoms in total. The molecule has 1 aliphatic rings. The lowest BCUT2D eigenvalue weighted by atomic mass is 9.89. The van der Waals surface area contributed by atoms with E-state index in [0.717, 1.165) is 26.7 Å². The van der Waals surface area contributed by atoms with Crippen molar-refractivity contribution in [2.45, 2.75) is 5.92 Å². The first-order chi connectivity index (χ1) is 17.6. The van der Waals surface area contributed by atoms with Crippen LogP contribution in [0.15, 0.2) is 103 Å². The van der Waals surface area contributed by atoms with Gasteiger partial charge in [0.25, 0.3) is 0 Å². The van der Waals surface area contributed by atoms with Gasteiger partial charge in [-0.3, -0.25) is 0 Å². The predicted octanol–water partition coefficient (Wildman–Crippen LogP) is 7.56. The van der Waals surface area contributed by atoms with Crippen LogP contribution in [0.2, 0.25) is 0 Å². The van der Waals surface area contributed by atoms with Crippen LogP contribution in [0, 0.1) is 11.3 Å². The molecule has 0 fully saturated rings. The van der Waals surface area contributed by atoms with E-state index >= 15 is 0 Å². The molecule has 0 aliphatic heterocycles. The van der Waals surface area contributed by atoms with Crippen molar-refractivity contribution in [1.29, 1.82) is 5.26 Å². The number of nitrogens with zero attached hydrogens (tertiary/aromatic N) is 1. The third-order valence-corrected chi connectivity index (χ3v) is 7.67. The normalized spacial score (nSPS) is 12.7. The van der Waals surface area contributed by atoms with Gasteiger partial charge in [0.15, 0.2) is 0 Å². The molecular weight excluding hydrogens is 464 g/mol. The van der Waals surface area contributed by atoms with Gasteiger partial charge in [0.05, 0.1) is 10.6 Å². The van der Waals surface area contributed by atoms with E-state index in [1.54, 1.807) is 6.07 Å². The van der Waals surface area contributed by atoms with E-state index < -0.39 is 5.97 Å². The largest absolute Gasteiger partial charge is 0.477 e. The lowest BCUT2D eigenvalue weighted by molar-refractivity contribution is -0.132. The van der Waals surface area contributed by atoms with Crippen LogP contribution in [-0.2, 0) is 4.79 Å². The highest BCUT2D eigenvalue weighted by atomic mass is 32.1. The molecule has 6 rings (SSSR count). The molecule has 0 atom stereocenters. The number of H-pyrrole nitrogens is 1. The van der Waals surface area contributed by atoms with Gasteiger partial charge in [-0.1, -0.05) is 72.8 Å². The monoisotopic (exact) mass is 484 g/mol. The molecule has 3 aromatic carbocycles. The van der Waals surface area contributed by atoms with Crippen LogP contribution >= 0.6 is 11.3 Å². The Bertz CT molecular complexity index is 1640. The predicted molar refractivity (Wildman–Crippen MR) is 144 cm³/mol. The summed E-state index contributed by atoms with van der Waals surface area (Å²) in [6.45, 7) is 0. The fourth-order valence-electron chi connectivity index (χ4n) is 4.94. The highest BCUT2D eigenvalue weighted by Crippen LogP contribution is 2.47. The van der Waals surface area contributed by atoms with E-state index in [0.29, 0.717) is 0 Å². The number of benzene rings is 3. The number of nitrogens with one attached hydrogen (secondary N) is 1. The summed E-state index contributed by atoms with van der Waals surface area (Å²) in [5.41, 5.74) is 9.37.